The topological polar surface area (TPSA) is 63.9 Å². The lowest BCUT2D eigenvalue weighted by molar-refractivity contribution is 0.197. The number of hydrogen-bond donors (Lipinski definition) is 2. The zero-order valence-electron chi connectivity index (χ0n) is 7.50. The number of aromatic amines is 1. The van der Waals surface area contributed by atoms with Crippen LogP contribution < -0.4 is 10.5 Å². The van der Waals surface area contributed by atoms with Gasteiger partial charge in [-0.25, -0.2) is 0 Å². The van der Waals surface area contributed by atoms with E-state index in [2.05, 4.69) is 10.2 Å². The number of hydrogen-bond acceptors (Lipinski definition) is 3. The zero-order chi connectivity index (χ0) is 8.97. The normalized spacial score (nSPS) is 12.9. The summed E-state index contributed by atoms with van der Waals surface area (Å²) in [5.41, 5.74) is 6.47. The third-order valence-electron chi connectivity index (χ3n) is 1.69. The first kappa shape index (κ1) is 9.06. The smallest absolute Gasteiger partial charge is 0.233 e. The van der Waals surface area contributed by atoms with Gasteiger partial charge in [0.25, 0.3) is 0 Å². The first-order valence-electron chi connectivity index (χ1n) is 4.15. The summed E-state index contributed by atoms with van der Waals surface area (Å²) < 4.78 is 5.47. The third kappa shape index (κ3) is 2.23. The molecule has 0 saturated carbocycles. The number of nitrogens with two attached hydrogens (primary N) is 1. The predicted molar refractivity (Wildman–Crippen MR) is 47.1 cm³/mol. The van der Waals surface area contributed by atoms with Crippen LogP contribution in [0.25, 0.3) is 0 Å². The van der Waals surface area contributed by atoms with Crippen molar-refractivity contribution in [1.82, 2.24) is 10.2 Å². The molecule has 68 valence electrons. The summed E-state index contributed by atoms with van der Waals surface area (Å²) in [7, 11) is 0. The highest BCUT2D eigenvalue weighted by molar-refractivity contribution is 5.12. The molecule has 1 aromatic rings. The SMILES string of the molecule is CCC(CN)Oc1cc(C)[nH]n1. The molecule has 0 radical (unpaired) electrons. The molecule has 1 aromatic heterocycles. The Morgan fingerprint density at radius 2 is 2.50 bits per heavy atom. The largest absolute Gasteiger partial charge is 0.472 e. The van der Waals surface area contributed by atoms with E-state index < -0.39 is 0 Å². The molecule has 0 amide bonds. The minimum absolute atomic E-state index is 0.0766. The standard InChI is InChI=1S/C8H15N3O/c1-3-7(5-9)12-8-4-6(2)10-11-8/h4,7H,3,5,9H2,1-2H3,(H,10,11). The summed E-state index contributed by atoms with van der Waals surface area (Å²) in [6, 6.07) is 1.86. The van der Waals surface area contributed by atoms with Crippen LogP contribution in [0.15, 0.2) is 6.07 Å². The van der Waals surface area contributed by atoms with Crippen molar-refractivity contribution in [2.24, 2.45) is 5.73 Å². The van der Waals surface area contributed by atoms with Gasteiger partial charge in [-0.05, 0) is 13.3 Å². The van der Waals surface area contributed by atoms with Crippen LogP contribution in [-0.2, 0) is 0 Å². The van der Waals surface area contributed by atoms with Crippen LogP contribution in [0.4, 0.5) is 0 Å². The fraction of sp³-hybridized carbons (Fsp3) is 0.625. The van der Waals surface area contributed by atoms with E-state index in [0.29, 0.717) is 12.4 Å². The molecule has 1 heterocycles. The second-order valence-corrected chi connectivity index (χ2v) is 2.77. The molecule has 0 saturated heterocycles. The highest BCUT2D eigenvalue weighted by atomic mass is 16.5. The molecular formula is C8H15N3O. The van der Waals surface area contributed by atoms with Crippen LogP contribution in [0.5, 0.6) is 5.88 Å². The van der Waals surface area contributed by atoms with Crippen molar-refractivity contribution < 1.29 is 4.74 Å². The summed E-state index contributed by atoms with van der Waals surface area (Å²) in [6.45, 7) is 4.50. The Morgan fingerprint density at radius 1 is 1.75 bits per heavy atom. The molecule has 0 spiro atoms. The highest BCUT2D eigenvalue weighted by Crippen LogP contribution is 2.09. The van der Waals surface area contributed by atoms with Crippen molar-refractivity contribution in [3.05, 3.63) is 11.8 Å². The maximum atomic E-state index is 5.47. The summed E-state index contributed by atoms with van der Waals surface area (Å²) in [6.07, 6.45) is 0.982. The van der Waals surface area contributed by atoms with E-state index in [1.54, 1.807) is 0 Å². The molecule has 3 N–H and O–H groups in total. The first-order chi connectivity index (χ1) is 5.76. The Bertz CT molecular complexity index is 230. The summed E-state index contributed by atoms with van der Waals surface area (Å²) >= 11 is 0. The predicted octanol–water partition coefficient (Wildman–Crippen LogP) is 0.834. The van der Waals surface area contributed by atoms with Gasteiger partial charge in [0, 0.05) is 18.3 Å². The molecule has 1 rings (SSSR count). The monoisotopic (exact) mass is 169 g/mol. The van der Waals surface area contributed by atoms with Gasteiger partial charge in [0.2, 0.25) is 5.88 Å². The first-order valence-corrected chi connectivity index (χ1v) is 4.15. The van der Waals surface area contributed by atoms with Crippen LogP contribution in [-0.4, -0.2) is 22.8 Å². The molecule has 12 heavy (non-hydrogen) atoms. The van der Waals surface area contributed by atoms with E-state index in [0.717, 1.165) is 12.1 Å². The van der Waals surface area contributed by atoms with Gasteiger partial charge in [0.15, 0.2) is 0 Å². The third-order valence-corrected chi connectivity index (χ3v) is 1.69. The fourth-order valence-corrected chi connectivity index (χ4v) is 0.922. The van der Waals surface area contributed by atoms with E-state index >= 15 is 0 Å². The van der Waals surface area contributed by atoms with Gasteiger partial charge >= 0.3 is 0 Å². The van der Waals surface area contributed by atoms with Crippen molar-refractivity contribution in [2.45, 2.75) is 26.4 Å². The van der Waals surface area contributed by atoms with Gasteiger partial charge in [-0.1, -0.05) is 6.92 Å². The van der Waals surface area contributed by atoms with Crippen molar-refractivity contribution >= 4 is 0 Å². The molecule has 1 atom stereocenters. The Morgan fingerprint density at radius 3 is 2.92 bits per heavy atom. The molecule has 0 bridgehead atoms. The summed E-state index contributed by atoms with van der Waals surface area (Å²) in [5.74, 6) is 0.629. The fourth-order valence-electron chi connectivity index (χ4n) is 0.922. The second kappa shape index (κ2) is 4.11. The van der Waals surface area contributed by atoms with Crippen LogP contribution >= 0.6 is 0 Å². The number of aryl methyl sites for hydroxylation is 1. The Hall–Kier alpha value is -1.03. The van der Waals surface area contributed by atoms with Gasteiger partial charge in [0.1, 0.15) is 6.10 Å². The van der Waals surface area contributed by atoms with E-state index in [1.165, 1.54) is 0 Å². The molecule has 0 aliphatic heterocycles. The average molecular weight is 169 g/mol. The second-order valence-electron chi connectivity index (χ2n) is 2.77. The molecule has 0 aliphatic rings. The lowest BCUT2D eigenvalue weighted by Gasteiger charge is -2.12. The molecule has 4 heteroatoms. The Balaban J connectivity index is 2.50. The van der Waals surface area contributed by atoms with E-state index in [4.69, 9.17) is 10.5 Å². The minimum atomic E-state index is 0.0766. The Kier molecular flexibility index (Phi) is 3.10. The van der Waals surface area contributed by atoms with E-state index in [-0.39, 0.29) is 6.10 Å². The summed E-state index contributed by atoms with van der Waals surface area (Å²) in [4.78, 5) is 0. The van der Waals surface area contributed by atoms with Gasteiger partial charge in [-0.2, -0.15) is 0 Å². The molecule has 0 fully saturated rings. The van der Waals surface area contributed by atoms with Crippen LogP contribution in [0.2, 0.25) is 0 Å². The van der Waals surface area contributed by atoms with Gasteiger partial charge in [0.05, 0.1) is 0 Å². The van der Waals surface area contributed by atoms with Gasteiger partial charge in [-0.3, -0.25) is 5.10 Å². The summed E-state index contributed by atoms with van der Waals surface area (Å²) in [5, 5.41) is 6.76. The van der Waals surface area contributed by atoms with Crippen LogP contribution in [0.3, 0.4) is 0 Å². The molecular weight excluding hydrogens is 154 g/mol. The Labute approximate surface area is 72.1 Å². The van der Waals surface area contributed by atoms with Crippen molar-refractivity contribution in [1.29, 1.82) is 0 Å². The minimum Gasteiger partial charge on any atom is -0.472 e. The molecule has 0 aliphatic carbocycles. The number of ether oxygens (including phenoxy) is 1. The molecule has 0 aromatic carbocycles. The van der Waals surface area contributed by atoms with Crippen molar-refractivity contribution in [3.8, 4) is 5.88 Å². The van der Waals surface area contributed by atoms with E-state index in [9.17, 15) is 0 Å². The van der Waals surface area contributed by atoms with Crippen molar-refractivity contribution in [3.63, 3.8) is 0 Å². The average Bonchev–Trinajstić information content (AvgIpc) is 2.47. The van der Waals surface area contributed by atoms with E-state index in [1.807, 2.05) is 19.9 Å². The van der Waals surface area contributed by atoms with Gasteiger partial charge in [-0.15, -0.1) is 5.10 Å². The molecule has 4 nitrogen and oxygen atoms in total. The van der Waals surface area contributed by atoms with Gasteiger partial charge < -0.3 is 10.5 Å². The number of aromatic nitrogens is 2. The maximum Gasteiger partial charge on any atom is 0.233 e. The number of H-pyrrole nitrogens is 1. The van der Waals surface area contributed by atoms with Crippen LogP contribution in [0, 0.1) is 6.92 Å². The number of nitrogens with zero attached hydrogens (tertiary/aromatic N) is 1. The lowest BCUT2D eigenvalue weighted by Crippen LogP contribution is -2.25. The van der Waals surface area contributed by atoms with Crippen molar-refractivity contribution in [2.75, 3.05) is 6.54 Å². The lowest BCUT2D eigenvalue weighted by atomic mass is 10.3. The number of nitrogens with one attached hydrogen (secondary N) is 1. The highest BCUT2D eigenvalue weighted by Gasteiger charge is 2.06. The zero-order valence-corrected chi connectivity index (χ0v) is 7.50. The maximum absolute atomic E-state index is 5.47. The quantitative estimate of drug-likeness (QED) is 0.701. The van der Waals surface area contributed by atoms with Crippen LogP contribution in [0.1, 0.15) is 19.0 Å². The molecule has 1 unspecified atom stereocenters. The number of rotatable bonds is 4.